The summed E-state index contributed by atoms with van der Waals surface area (Å²) in [6.45, 7) is 5.30. The molecule has 0 spiro atoms. The lowest BCUT2D eigenvalue weighted by atomic mass is 10.3. The van der Waals surface area contributed by atoms with E-state index in [9.17, 15) is 0 Å². The first-order valence-corrected chi connectivity index (χ1v) is 5.95. The van der Waals surface area contributed by atoms with E-state index >= 15 is 0 Å². The molecule has 1 aromatic heterocycles. The monoisotopic (exact) mass is 226 g/mol. The molecule has 0 saturated carbocycles. The Morgan fingerprint density at radius 1 is 1.31 bits per heavy atom. The van der Waals surface area contributed by atoms with Crippen molar-refractivity contribution < 1.29 is 9.47 Å². The van der Waals surface area contributed by atoms with Gasteiger partial charge in [-0.3, -0.25) is 0 Å². The van der Waals surface area contributed by atoms with Crippen LogP contribution in [0.5, 0.6) is 0 Å². The van der Waals surface area contributed by atoms with Crippen LogP contribution >= 0.6 is 0 Å². The van der Waals surface area contributed by atoms with Gasteiger partial charge in [0.15, 0.2) is 0 Å². The molecule has 0 radical (unpaired) electrons. The number of rotatable bonds is 9. The van der Waals surface area contributed by atoms with E-state index in [2.05, 4.69) is 16.5 Å². The van der Waals surface area contributed by atoms with E-state index in [-0.39, 0.29) is 0 Å². The standard InChI is InChI=1S/C12H22N2O2/c1-3-5-12-13-6-8-14(12)7-4-9-16-11-10-15-2/h6,8H,3-5,7,9-11H2,1-2H3. The number of aryl methyl sites for hydroxylation is 2. The van der Waals surface area contributed by atoms with Crippen molar-refractivity contribution in [1.82, 2.24) is 9.55 Å². The molecule has 0 aliphatic carbocycles. The number of imidazole rings is 1. The van der Waals surface area contributed by atoms with Crippen molar-refractivity contribution in [2.24, 2.45) is 0 Å². The predicted molar refractivity (Wildman–Crippen MR) is 63.5 cm³/mol. The molecule has 0 fully saturated rings. The topological polar surface area (TPSA) is 36.3 Å². The fraction of sp³-hybridized carbons (Fsp3) is 0.750. The zero-order chi connectivity index (χ0) is 11.6. The first-order valence-electron chi connectivity index (χ1n) is 5.95. The van der Waals surface area contributed by atoms with Crippen molar-refractivity contribution in [3.8, 4) is 0 Å². The van der Waals surface area contributed by atoms with Crippen LogP contribution in [0.25, 0.3) is 0 Å². The predicted octanol–water partition coefficient (Wildman–Crippen LogP) is 1.89. The summed E-state index contributed by atoms with van der Waals surface area (Å²) < 4.78 is 12.5. The number of aromatic nitrogens is 2. The van der Waals surface area contributed by atoms with Gasteiger partial charge in [-0.1, -0.05) is 6.92 Å². The van der Waals surface area contributed by atoms with Gasteiger partial charge in [-0.05, 0) is 12.8 Å². The highest BCUT2D eigenvalue weighted by Gasteiger charge is 2.00. The summed E-state index contributed by atoms with van der Waals surface area (Å²) in [6.07, 6.45) is 7.13. The Balaban J connectivity index is 2.13. The van der Waals surface area contributed by atoms with E-state index in [4.69, 9.17) is 9.47 Å². The van der Waals surface area contributed by atoms with Gasteiger partial charge in [-0.25, -0.2) is 4.98 Å². The molecule has 0 saturated heterocycles. The Morgan fingerprint density at radius 2 is 2.19 bits per heavy atom. The van der Waals surface area contributed by atoms with Crippen LogP contribution in [-0.4, -0.2) is 36.5 Å². The number of ether oxygens (including phenoxy) is 2. The van der Waals surface area contributed by atoms with Crippen molar-refractivity contribution in [3.05, 3.63) is 18.2 Å². The molecule has 0 N–H and O–H groups in total. The fourth-order valence-corrected chi connectivity index (χ4v) is 1.58. The van der Waals surface area contributed by atoms with Crippen LogP contribution in [0.15, 0.2) is 12.4 Å². The molecule has 1 rings (SSSR count). The second-order valence-electron chi connectivity index (χ2n) is 3.75. The van der Waals surface area contributed by atoms with Gasteiger partial charge < -0.3 is 14.0 Å². The van der Waals surface area contributed by atoms with Crippen LogP contribution in [0.4, 0.5) is 0 Å². The molecule has 1 aromatic rings. The Kier molecular flexibility index (Phi) is 6.85. The van der Waals surface area contributed by atoms with Gasteiger partial charge in [0.2, 0.25) is 0 Å². The molecule has 0 bridgehead atoms. The molecule has 0 aliphatic rings. The molecule has 0 amide bonds. The van der Waals surface area contributed by atoms with Crippen molar-refractivity contribution in [3.63, 3.8) is 0 Å². The van der Waals surface area contributed by atoms with Gasteiger partial charge in [0.1, 0.15) is 5.82 Å². The van der Waals surface area contributed by atoms with E-state index in [1.807, 2.05) is 12.4 Å². The second kappa shape index (κ2) is 8.30. The van der Waals surface area contributed by atoms with Crippen LogP contribution in [-0.2, 0) is 22.4 Å². The van der Waals surface area contributed by atoms with Crippen LogP contribution in [0.3, 0.4) is 0 Å². The maximum Gasteiger partial charge on any atom is 0.108 e. The lowest BCUT2D eigenvalue weighted by molar-refractivity contribution is 0.0679. The van der Waals surface area contributed by atoms with E-state index in [1.165, 1.54) is 5.82 Å². The van der Waals surface area contributed by atoms with Crippen molar-refractivity contribution in [2.45, 2.75) is 32.7 Å². The first kappa shape index (κ1) is 13.2. The van der Waals surface area contributed by atoms with Gasteiger partial charge in [0, 0.05) is 39.1 Å². The minimum Gasteiger partial charge on any atom is -0.382 e. The Morgan fingerprint density at radius 3 is 2.94 bits per heavy atom. The minimum absolute atomic E-state index is 0.673. The summed E-state index contributed by atoms with van der Waals surface area (Å²) >= 11 is 0. The molecule has 0 aromatic carbocycles. The molecule has 1 heterocycles. The van der Waals surface area contributed by atoms with Crippen LogP contribution in [0, 0.1) is 0 Å². The normalized spacial score (nSPS) is 10.9. The first-order chi connectivity index (χ1) is 7.88. The van der Waals surface area contributed by atoms with Gasteiger partial charge in [-0.2, -0.15) is 0 Å². The SMILES string of the molecule is CCCc1nccn1CCCOCCOC. The van der Waals surface area contributed by atoms with Crippen molar-refractivity contribution >= 4 is 0 Å². The second-order valence-corrected chi connectivity index (χ2v) is 3.75. The lowest BCUT2D eigenvalue weighted by Gasteiger charge is -2.07. The summed E-state index contributed by atoms with van der Waals surface area (Å²) in [4.78, 5) is 4.34. The highest BCUT2D eigenvalue weighted by Crippen LogP contribution is 2.02. The van der Waals surface area contributed by atoms with Gasteiger partial charge >= 0.3 is 0 Å². The van der Waals surface area contributed by atoms with E-state index in [0.717, 1.165) is 32.4 Å². The maximum atomic E-state index is 5.41. The fourth-order valence-electron chi connectivity index (χ4n) is 1.58. The van der Waals surface area contributed by atoms with Gasteiger partial charge in [0.05, 0.1) is 13.2 Å². The molecular weight excluding hydrogens is 204 g/mol. The van der Waals surface area contributed by atoms with Crippen molar-refractivity contribution in [1.29, 1.82) is 0 Å². The lowest BCUT2D eigenvalue weighted by Crippen LogP contribution is -2.08. The largest absolute Gasteiger partial charge is 0.382 e. The van der Waals surface area contributed by atoms with Crippen LogP contribution < -0.4 is 0 Å². The van der Waals surface area contributed by atoms with Gasteiger partial charge in [-0.15, -0.1) is 0 Å². The third-order valence-corrected chi connectivity index (χ3v) is 2.39. The summed E-state index contributed by atoms with van der Waals surface area (Å²) in [7, 11) is 1.69. The summed E-state index contributed by atoms with van der Waals surface area (Å²) in [5.41, 5.74) is 0. The molecule has 16 heavy (non-hydrogen) atoms. The highest BCUT2D eigenvalue weighted by atomic mass is 16.5. The average Bonchev–Trinajstić information content (AvgIpc) is 2.72. The third kappa shape index (κ3) is 4.77. The van der Waals surface area contributed by atoms with E-state index < -0.39 is 0 Å². The van der Waals surface area contributed by atoms with Crippen molar-refractivity contribution in [2.75, 3.05) is 26.9 Å². The zero-order valence-electron chi connectivity index (χ0n) is 10.3. The molecule has 0 aliphatic heterocycles. The summed E-state index contributed by atoms with van der Waals surface area (Å²) in [5.74, 6) is 1.18. The van der Waals surface area contributed by atoms with E-state index in [0.29, 0.717) is 13.2 Å². The Labute approximate surface area is 97.6 Å². The Hall–Kier alpha value is -0.870. The number of hydrogen-bond acceptors (Lipinski definition) is 3. The molecular formula is C12H22N2O2. The third-order valence-electron chi connectivity index (χ3n) is 2.39. The quantitative estimate of drug-likeness (QED) is 0.603. The number of methoxy groups -OCH3 is 1. The smallest absolute Gasteiger partial charge is 0.108 e. The van der Waals surface area contributed by atoms with Gasteiger partial charge in [0.25, 0.3) is 0 Å². The zero-order valence-corrected chi connectivity index (χ0v) is 10.3. The molecule has 0 unspecified atom stereocenters. The molecule has 92 valence electrons. The molecule has 4 nitrogen and oxygen atoms in total. The van der Waals surface area contributed by atoms with Crippen LogP contribution in [0.1, 0.15) is 25.6 Å². The highest BCUT2D eigenvalue weighted by molar-refractivity contribution is 4.92. The molecule has 0 atom stereocenters. The minimum atomic E-state index is 0.673. The maximum absolute atomic E-state index is 5.41. The molecule has 4 heteroatoms. The summed E-state index contributed by atoms with van der Waals surface area (Å²) in [5, 5.41) is 0. The average molecular weight is 226 g/mol. The Bertz CT molecular complexity index is 274. The summed E-state index contributed by atoms with van der Waals surface area (Å²) in [6, 6.07) is 0. The number of hydrogen-bond donors (Lipinski definition) is 0. The van der Waals surface area contributed by atoms with Crippen LogP contribution in [0.2, 0.25) is 0 Å². The van der Waals surface area contributed by atoms with E-state index in [1.54, 1.807) is 7.11 Å². The number of nitrogens with zero attached hydrogens (tertiary/aromatic N) is 2.